The molecule has 0 fully saturated rings. The van der Waals surface area contributed by atoms with Gasteiger partial charge in [0, 0.05) is 31.7 Å². The van der Waals surface area contributed by atoms with Crippen molar-refractivity contribution in [3.8, 4) is 0 Å². The molecule has 0 saturated carbocycles. The fourth-order valence-electron chi connectivity index (χ4n) is 2.60. The monoisotopic (exact) mass is 300 g/mol. The zero-order chi connectivity index (χ0) is 16.1. The highest BCUT2D eigenvalue weighted by Crippen LogP contribution is 2.14. The Balaban J connectivity index is 1.81. The number of amides is 1. The number of carbonyl (C=O) groups excluding carboxylic acids is 1. The molecular formula is C17H24N4O. The van der Waals surface area contributed by atoms with Crippen LogP contribution in [0.1, 0.15) is 35.0 Å². The molecule has 22 heavy (non-hydrogen) atoms. The number of benzene rings is 1. The molecule has 0 bridgehead atoms. The van der Waals surface area contributed by atoms with Crippen LogP contribution in [-0.4, -0.2) is 22.2 Å². The molecule has 0 aliphatic rings. The first-order valence-corrected chi connectivity index (χ1v) is 7.55. The molecule has 1 aromatic heterocycles. The van der Waals surface area contributed by atoms with Gasteiger partial charge in [-0.3, -0.25) is 9.48 Å². The number of hydrogen-bond acceptors (Lipinski definition) is 3. The van der Waals surface area contributed by atoms with Crippen LogP contribution in [-0.2, 0) is 18.3 Å². The summed E-state index contributed by atoms with van der Waals surface area (Å²) >= 11 is 0. The molecule has 0 aliphatic heterocycles. The summed E-state index contributed by atoms with van der Waals surface area (Å²) in [5.74, 6) is -0.0180. The van der Waals surface area contributed by atoms with Crippen LogP contribution in [0, 0.1) is 13.8 Å². The van der Waals surface area contributed by atoms with E-state index in [2.05, 4.69) is 10.4 Å². The van der Waals surface area contributed by atoms with Gasteiger partial charge in [-0.15, -0.1) is 0 Å². The number of rotatable bonds is 6. The number of nitrogens with one attached hydrogen (secondary N) is 1. The first kappa shape index (κ1) is 16.2. The molecule has 5 nitrogen and oxygen atoms in total. The Kier molecular flexibility index (Phi) is 5.33. The van der Waals surface area contributed by atoms with Gasteiger partial charge in [0.25, 0.3) is 0 Å². The number of carbonyl (C=O) groups is 1. The molecule has 2 aromatic rings. The van der Waals surface area contributed by atoms with Crippen molar-refractivity contribution in [2.24, 2.45) is 12.8 Å². The summed E-state index contributed by atoms with van der Waals surface area (Å²) in [6.45, 7) is 4.64. The van der Waals surface area contributed by atoms with Crippen LogP contribution in [0.5, 0.6) is 0 Å². The van der Waals surface area contributed by atoms with E-state index in [1.165, 1.54) is 5.56 Å². The molecule has 0 saturated heterocycles. The molecule has 118 valence electrons. The molecule has 1 aromatic carbocycles. The largest absolute Gasteiger partial charge is 0.356 e. The highest BCUT2D eigenvalue weighted by Gasteiger charge is 2.12. The van der Waals surface area contributed by atoms with Crippen LogP contribution in [0.15, 0.2) is 30.3 Å². The minimum absolute atomic E-state index is 0.0180. The lowest BCUT2D eigenvalue weighted by Gasteiger charge is -2.12. The van der Waals surface area contributed by atoms with Crippen molar-refractivity contribution < 1.29 is 4.79 Å². The van der Waals surface area contributed by atoms with Gasteiger partial charge in [-0.05, 0) is 31.4 Å². The molecule has 1 amide bonds. The van der Waals surface area contributed by atoms with Crippen molar-refractivity contribution in [1.82, 2.24) is 15.1 Å². The molecule has 1 atom stereocenters. The van der Waals surface area contributed by atoms with E-state index in [1.54, 1.807) is 0 Å². The van der Waals surface area contributed by atoms with Crippen LogP contribution in [0.3, 0.4) is 0 Å². The van der Waals surface area contributed by atoms with Gasteiger partial charge in [-0.2, -0.15) is 5.10 Å². The van der Waals surface area contributed by atoms with Gasteiger partial charge < -0.3 is 11.1 Å². The molecule has 0 spiro atoms. The molecule has 0 radical (unpaired) electrons. The van der Waals surface area contributed by atoms with Crippen LogP contribution in [0.25, 0.3) is 0 Å². The summed E-state index contributed by atoms with van der Waals surface area (Å²) < 4.78 is 1.87. The van der Waals surface area contributed by atoms with E-state index in [1.807, 2.05) is 55.9 Å². The maximum Gasteiger partial charge on any atom is 0.221 e. The van der Waals surface area contributed by atoms with Gasteiger partial charge >= 0.3 is 0 Å². The molecule has 0 aliphatic carbocycles. The first-order valence-electron chi connectivity index (χ1n) is 7.55. The van der Waals surface area contributed by atoms with Gasteiger partial charge in [-0.1, -0.05) is 30.3 Å². The highest BCUT2D eigenvalue weighted by molar-refractivity contribution is 5.76. The van der Waals surface area contributed by atoms with Crippen molar-refractivity contribution in [3.63, 3.8) is 0 Å². The molecule has 3 N–H and O–H groups in total. The Labute approximate surface area is 131 Å². The predicted octanol–water partition coefficient (Wildman–Crippen LogP) is 1.79. The summed E-state index contributed by atoms with van der Waals surface area (Å²) in [7, 11) is 1.93. The number of hydrogen-bond donors (Lipinski definition) is 2. The van der Waals surface area contributed by atoms with E-state index < -0.39 is 0 Å². The minimum Gasteiger partial charge on any atom is -0.356 e. The quantitative estimate of drug-likeness (QED) is 0.854. The van der Waals surface area contributed by atoms with Crippen molar-refractivity contribution in [2.75, 3.05) is 6.54 Å². The second-order valence-corrected chi connectivity index (χ2v) is 5.59. The number of nitrogens with zero attached hydrogens (tertiary/aromatic N) is 2. The smallest absolute Gasteiger partial charge is 0.221 e. The lowest BCUT2D eigenvalue weighted by molar-refractivity contribution is -0.121. The minimum atomic E-state index is -0.261. The Hall–Kier alpha value is -2.14. The maximum atomic E-state index is 12.0. The average molecular weight is 300 g/mol. The van der Waals surface area contributed by atoms with E-state index in [0.717, 1.165) is 23.4 Å². The second kappa shape index (κ2) is 7.22. The van der Waals surface area contributed by atoms with Crippen molar-refractivity contribution in [3.05, 3.63) is 52.8 Å². The van der Waals surface area contributed by atoms with Crippen molar-refractivity contribution in [2.45, 2.75) is 32.7 Å². The van der Waals surface area contributed by atoms with E-state index in [0.29, 0.717) is 13.0 Å². The first-order chi connectivity index (χ1) is 10.5. The molecule has 5 heteroatoms. The second-order valence-electron chi connectivity index (χ2n) is 5.59. The number of nitrogens with two attached hydrogens (primary N) is 1. The Morgan fingerprint density at radius 2 is 2.00 bits per heavy atom. The van der Waals surface area contributed by atoms with Crippen LogP contribution in [0.2, 0.25) is 0 Å². The van der Waals surface area contributed by atoms with Crippen LogP contribution >= 0.6 is 0 Å². The van der Waals surface area contributed by atoms with Gasteiger partial charge in [0.1, 0.15) is 0 Å². The van der Waals surface area contributed by atoms with Gasteiger partial charge in [0.05, 0.1) is 5.69 Å². The SMILES string of the molecule is Cc1nn(C)c(C)c1CCNC(=O)CC(N)c1ccccc1. The standard InChI is InChI=1S/C17H24N4O/c1-12-15(13(2)21(3)20-12)9-10-19-17(22)11-16(18)14-7-5-4-6-8-14/h4-8,16H,9-11,18H2,1-3H3,(H,19,22). The van der Waals surface area contributed by atoms with E-state index in [4.69, 9.17) is 5.73 Å². The summed E-state index contributed by atoms with van der Waals surface area (Å²) in [6.07, 6.45) is 1.09. The Morgan fingerprint density at radius 1 is 1.32 bits per heavy atom. The predicted molar refractivity (Wildman–Crippen MR) is 87.4 cm³/mol. The van der Waals surface area contributed by atoms with E-state index in [-0.39, 0.29) is 11.9 Å². The fourth-order valence-corrected chi connectivity index (χ4v) is 2.60. The third-order valence-corrected chi connectivity index (χ3v) is 3.99. The summed E-state index contributed by atoms with van der Waals surface area (Å²) in [5, 5.41) is 7.32. The summed E-state index contributed by atoms with van der Waals surface area (Å²) in [4.78, 5) is 12.0. The molecular weight excluding hydrogens is 276 g/mol. The summed E-state index contributed by atoms with van der Waals surface area (Å²) in [6, 6.07) is 9.43. The van der Waals surface area contributed by atoms with Crippen molar-refractivity contribution >= 4 is 5.91 Å². The van der Waals surface area contributed by atoms with Gasteiger partial charge in [0.2, 0.25) is 5.91 Å². The molecule has 1 heterocycles. The maximum absolute atomic E-state index is 12.0. The van der Waals surface area contributed by atoms with Crippen LogP contribution in [0.4, 0.5) is 0 Å². The van der Waals surface area contributed by atoms with Gasteiger partial charge in [0.15, 0.2) is 0 Å². The Morgan fingerprint density at radius 3 is 2.59 bits per heavy atom. The lowest BCUT2D eigenvalue weighted by Crippen LogP contribution is -2.29. The molecule has 2 rings (SSSR count). The highest BCUT2D eigenvalue weighted by atomic mass is 16.1. The third kappa shape index (κ3) is 3.95. The summed E-state index contributed by atoms with van der Waals surface area (Å²) in [5.41, 5.74) is 10.4. The van der Waals surface area contributed by atoms with Crippen molar-refractivity contribution in [1.29, 1.82) is 0 Å². The zero-order valence-electron chi connectivity index (χ0n) is 13.5. The van der Waals surface area contributed by atoms with Gasteiger partial charge in [-0.25, -0.2) is 0 Å². The topological polar surface area (TPSA) is 72.9 Å². The average Bonchev–Trinajstić information content (AvgIpc) is 2.74. The van der Waals surface area contributed by atoms with E-state index in [9.17, 15) is 4.79 Å². The fraction of sp³-hybridized carbons (Fsp3) is 0.412. The number of aromatic nitrogens is 2. The normalized spacial score (nSPS) is 12.2. The molecule has 1 unspecified atom stereocenters. The third-order valence-electron chi connectivity index (χ3n) is 3.99. The van der Waals surface area contributed by atoms with Crippen LogP contribution < -0.4 is 11.1 Å². The van der Waals surface area contributed by atoms with E-state index >= 15 is 0 Å². The number of aryl methyl sites for hydroxylation is 2. The Bertz CT molecular complexity index is 634. The zero-order valence-corrected chi connectivity index (χ0v) is 13.5. The lowest BCUT2D eigenvalue weighted by atomic mass is 10.0.